The number of hydrogen-bond acceptors (Lipinski definition) is 13. The van der Waals surface area contributed by atoms with Gasteiger partial charge in [0.2, 0.25) is 17.8 Å². The molecule has 22 nitrogen and oxygen atoms in total. The molecule has 5 aromatic heterocycles. The number of allylic oxidation sites excluding steroid dienone is 2. The Morgan fingerprint density at radius 2 is 1.54 bits per heavy atom. The minimum Gasteiger partial charge on any atom is -0.495 e. The number of carbonyl (C=O) groups is 6. The minimum absolute atomic E-state index is 0.0267. The summed E-state index contributed by atoms with van der Waals surface area (Å²) < 4.78 is 19.5. The van der Waals surface area contributed by atoms with Gasteiger partial charge in [-0.05, 0) is 70.5 Å². The Hall–Kier alpha value is -8.53. The van der Waals surface area contributed by atoms with E-state index in [1.165, 1.54) is 29.5 Å². The number of carbonyl (C=O) groups excluding carboxylic acids is 6. The Morgan fingerprint density at radius 1 is 0.845 bits per heavy atom. The van der Waals surface area contributed by atoms with Gasteiger partial charge in [0.05, 0.1) is 48.7 Å². The number of imidazole rings is 1. The number of fused-ring (bicyclic) bond motifs is 4. The molecule has 0 atom stereocenters. The summed E-state index contributed by atoms with van der Waals surface area (Å²) in [5.41, 5.74) is 11.0. The van der Waals surface area contributed by atoms with E-state index in [-0.39, 0.29) is 56.0 Å². The van der Waals surface area contributed by atoms with Gasteiger partial charge < -0.3 is 29.2 Å². The van der Waals surface area contributed by atoms with Crippen LogP contribution < -0.4 is 25.8 Å². The summed E-state index contributed by atoms with van der Waals surface area (Å²) in [5.74, 6) is -1.12. The molecule has 8 rings (SSSR count). The average molecular weight is 968 g/mol. The molecule has 0 spiro atoms. The minimum atomic E-state index is -0.619. The van der Waals surface area contributed by atoms with Crippen molar-refractivity contribution in [2.75, 3.05) is 46.2 Å². The highest BCUT2D eigenvalue weighted by molar-refractivity contribution is 6.13. The number of nitrogens with zero attached hydrogens (tertiary/aromatic N) is 11. The van der Waals surface area contributed by atoms with E-state index in [0.29, 0.717) is 93.3 Å². The maximum atomic E-state index is 14.0. The zero-order valence-corrected chi connectivity index (χ0v) is 40.6. The number of aromatic nitrogens is 9. The highest BCUT2D eigenvalue weighted by Gasteiger charge is 2.26. The van der Waals surface area contributed by atoms with E-state index in [2.05, 4.69) is 15.5 Å². The number of hydrogen-bond donors (Lipinski definition) is 3. The zero-order chi connectivity index (χ0) is 50.7. The summed E-state index contributed by atoms with van der Waals surface area (Å²) in [7, 11) is 4.79. The lowest BCUT2D eigenvalue weighted by Crippen LogP contribution is -2.83. The standard InChI is InChI=1S/C49H54N14O8/c1-8-62-35(21-28(3)56-62)45-52-27-33-32-23-30(44(50)67)25-37(70-7)42(32)60(46(33)54-45)17-10-11-18-61-43-34(53-49(61)55-48(69)36-22-29(4)57-63(36)9-2)24-31(47(68)51-5)26-38(43)71-20-12-16-58(6)39(64)15-19-59-40(65)13-14-41(59)66/h10-11,13-14,21-27H,8-9,12,15-20H2,1-7H3,(H2,50,67)(H,51,68)(H,53,55,69)/p+1/b11-10+. The Bertz CT molecular complexity index is 3320. The van der Waals surface area contributed by atoms with Gasteiger partial charge in [-0.15, -0.1) is 0 Å². The van der Waals surface area contributed by atoms with Crippen LogP contribution in [-0.2, 0) is 40.6 Å². The fourth-order valence-electron chi connectivity index (χ4n) is 8.61. The third-order valence-electron chi connectivity index (χ3n) is 12.1. The number of primary amides is 2. The van der Waals surface area contributed by atoms with Gasteiger partial charge in [0.25, 0.3) is 17.7 Å². The number of benzene rings is 2. The van der Waals surface area contributed by atoms with E-state index in [0.717, 1.165) is 16.3 Å². The molecule has 6 heterocycles. The maximum Gasteiger partial charge on any atom is 0.342 e. The molecule has 5 N–H and O–H groups in total. The molecular weight excluding hydrogens is 913 g/mol. The Labute approximate surface area is 407 Å². The molecule has 0 unspecified atom stereocenters. The number of nitrogens with two attached hydrogens (primary N) is 2. The molecule has 2 aromatic carbocycles. The number of anilines is 1. The molecule has 0 saturated carbocycles. The Balaban J connectivity index is 1.14. The van der Waals surface area contributed by atoms with E-state index in [9.17, 15) is 28.8 Å². The van der Waals surface area contributed by atoms with Crippen molar-refractivity contribution in [1.82, 2.24) is 53.4 Å². The first-order chi connectivity index (χ1) is 34.1. The molecule has 1 aliphatic rings. The fourth-order valence-corrected chi connectivity index (χ4v) is 8.61. The van der Waals surface area contributed by atoms with Gasteiger partial charge in [0, 0.05) is 87.4 Å². The van der Waals surface area contributed by atoms with Crippen LogP contribution in [0.4, 0.5) is 5.95 Å². The molecule has 0 bridgehead atoms. The Morgan fingerprint density at radius 3 is 2.23 bits per heavy atom. The first-order valence-electron chi connectivity index (χ1n) is 23.1. The molecule has 0 saturated heterocycles. The highest BCUT2D eigenvalue weighted by Crippen LogP contribution is 2.37. The predicted octanol–water partition coefficient (Wildman–Crippen LogP) is 3.14. The molecular formula is C49H55N14O8+. The monoisotopic (exact) mass is 967 g/mol. The largest absolute Gasteiger partial charge is 0.495 e. The molecule has 1 aliphatic heterocycles. The van der Waals surface area contributed by atoms with Crippen LogP contribution >= 0.6 is 0 Å². The lowest BCUT2D eigenvalue weighted by molar-refractivity contribution is -0.523. The first kappa shape index (κ1) is 48.9. The normalized spacial score (nSPS) is 12.6. The lowest BCUT2D eigenvalue weighted by Gasteiger charge is -2.19. The number of nitrogens with one attached hydrogen (secondary N) is 1. The van der Waals surface area contributed by atoms with Gasteiger partial charge in [0.1, 0.15) is 34.1 Å². The second-order valence-electron chi connectivity index (χ2n) is 16.8. The number of imide groups is 1. The number of quaternary nitrogens is 1. The second kappa shape index (κ2) is 20.6. The van der Waals surface area contributed by atoms with Crippen LogP contribution in [0.2, 0.25) is 0 Å². The van der Waals surface area contributed by atoms with Gasteiger partial charge in [0.15, 0.2) is 5.82 Å². The van der Waals surface area contributed by atoms with Crippen molar-refractivity contribution in [2.45, 2.75) is 66.7 Å². The number of methoxy groups -OCH3 is 1. The Kier molecular flexibility index (Phi) is 14.2. The van der Waals surface area contributed by atoms with Crippen LogP contribution in [-0.4, -0.2) is 130 Å². The molecule has 368 valence electrons. The van der Waals surface area contributed by atoms with Crippen molar-refractivity contribution >= 4 is 74.4 Å². The van der Waals surface area contributed by atoms with Gasteiger partial charge in [-0.3, -0.25) is 48.9 Å². The fraction of sp³-hybridized carbons (Fsp3) is 0.327. The first-order valence-corrected chi connectivity index (χ1v) is 23.1. The molecule has 0 radical (unpaired) electrons. The SMILES string of the molecule is CCn1nc(C)cc1C(=O)Nc1nc2cc(C(=O)[NH2+]C)cc(OCCCN(C)C(=O)CCN3C(=O)C=CC3=O)c2n1C/C=C/Cn1c2nc(-c3cc(C)nn3CC)ncc2c2cc(C(N)=O)cc(OC)c21. The molecule has 71 heavy (non-hydrogen) atoms. The van der Waals surface area contributed by atoms with Crippen LogP contribution in [0.3, 0.4) is 0 Å². The predicted molar refractivity (Wildman–Crippen MR) is 262 cm³/mol. The van der Waals surface area contributed by atoms with Gasteiger partial charge >= 0.3 is 5.91 Å². The molecule has 0 aliphatic carbocycles. The summed E-state index contributed by atoms with van der Waals surface area (Å²) in [4.78, 5) is 93.8. The quantitative estimate of drug-likeness (QED) is 0.0564. The summed E-state index contributed by atoms with van der Waals surface area (Å²) in [6.45, 7) is 9.46. The van der Waals surface area contributed by atoms with Crippen molar-refractivity contribution < 1.29 is 43.6 Å². The van der Waals surface area contributed by atoms with Crippen LogP contribution in [0.15, 0.2) is 66.9 Å². The van der Waals surface area contributed by atoms with Crippen LogP contribution in [0.5, 0.6) is 11.5 Å². The molecule has 0 fully saturated rings. The van der Waals surface area contributed by atoms with E-state index < -0.39 is 23.6 Å². The summed E-state index contributed by atoms with van der Waals surface area (Å²) in [6, 6.07) is 10.2. The molecule has 6 amide bonds. The van der Waals surface area contributed by atoms with Crippen molar-refractivity contribution in [3.05, 3.63) is 95.1 Å². The van der Waals surface area contributed by atoms with E-state index in [4.69, 9.17) is 30.2 Å². The van der Waals surface area contributed by atoms with Crippen molar-refractivity contribution in [3.63, 3.8) is 0 Å². The van der Waals surface area contributed by atoms with Gasteiger partial charge in [-0.25, -0.2) is 19.7 Å². The number of ether oxygens (including phenoxy) is 2. The van der Waals surface area contributed by atoms with Crippen molar-refractivity contribution in [3.8, 4) is 23.0 Å². The maximum absolute atomic E-state index is 14.0. The summed E-state index contributed by atoms with van der Waals surface area (Å²) in [5, 5.41) is 14.8. The van der Waals surface area contributed by atoms with Crippen molar-refractivity contribution in [2.24, 2.45) is 5.73 Å². The third-order valence-corrected chi connectivity index (χ3v) is 12.1. The summed E-state index contributed by atoms with van der Waals surface area (Å²) in [6.07, 6.45) is 8.27. The second-order valence-corrected chi connectivity index (χ2v) is 16.8. The smallest absolute Gasteiger partial charge is 0.342 e. The molecule has 7 aromatic rings. The van der Waals surface area contributed by atoms with E-state index in [1.807, 2.05) is 48.2 Å². The van der Waals surface area contributed by atoms with Crippen molar-refractivity contribution in [1.29, 1.82) is 0 Å². The highest BCUT2D eigenvalue weighted by atomic mass is 16.5. The number of aryl methyl sites for hydroxylation is 4. The summed E-state index contributed by atoms with van der Waals surface area (Å²) >= 11 is 0. The third kappa shape index (κ3) is 9.86. The van der Waals surface area contributed by atoms with E-state index >= 15 is 0 Å². The zero-order valence-electron chi connectivity index (χ0n) is 40.6. The van der Waals surface area contributed by atoms with Gasteiger partial charge in [-0.1, -0.05) is 12.2 Å². The lowest BCUT2D eigenvalue weighted by atomic mass is 10.1. The number of amides is 6. The van der Waals surface area contributed by atoms with E-state index in [1.54, 1.807) is 66.8 Å². The topological polar surface area (TPSA) is 266 Å². The van der Waals surface area contributed by atoms with Crippen LogP contribution in [0.1, 0.15) is 69.3 Å². The van der Waals surface area contributed by atoms with Crippen LogP contribution in [0, 0.1) is 13.8 Å². The van der Waals surface area contributed by atoms with Crippen LogP contribution in [0.25, 0.3) is 44.5 Å². The molecule has 22 heteroatoms. The van der Waals surface area contributed by atoms with Gasteiger partial charge in [-0.2, -0.15) is 10.2 Å². The average Bonchev–Trinajstić information content (AvgIpc) is 4.18. The number of rotatable bonds is 20.